The summed E-state index contributed by atoms with van der Waals surface area (Å²) in [5.41, 5.74) is 0.256. The van der Waals surface area contributed by atoms with Crippen molar-refractivity contribution in [3.63, 3.8) is 0 Å². The number of aromatic nitrogens is 2. The van der Waals surface area contributed by atoms with Gasteiger partial charge in [-0.15, -0.1) is 0 Å². The van der Waals surface area contributed by atoms with Crippen LogP contribution in [-0.2, 0) is 28.5 Å². The van der Waals surface area contributed by atoms with E-state index in [0.717, 1.165) is 16.7 Å². The predicted molar refractivity (Wildman–Crippen MR) is 236 cm³/mol. The number of hydrogen-bond donors (Lipinski definition) is 2. The molecular formula is C45H61N4O9PSi. The van der Waals surface area contributed by atoms with Crippen LogP contribution in [0.3, 0.4) is 0 Å². The Bertz CT molecular complexity index is 2080. The number of ether oxygens (including phenoxy) is 4. The van der Waals surface area contributed by atoms with Crippen LogP contribution in [0.2, 0.25) is 18.1 Å². The van der Waals surface area contributed by atoms with Gasteiger partial charge in [-0.3, -0.25) is 9.78 Å². The van der Waals surface area contributed by atoms with Crippen LogP contribution in [-0.4, -0.2) is 80.8 Å². The monoisotopic (exact) mass is 860 g/mol. The van der Waals surface area contributed by atoms with Crippen LogP contribution in [0.1, 0.15) is 83.2 Å². The topological polar surface area (TPSA) is 157 Å². The summed E-state index contributed by atoms with van der Waals surface area (Å²) in [6, 6.07) is 27.7. The molecule has 0 saturated carbocycles. The van der Waals surface area contributed by atoms with Crippen LogP contribution in [0.15, 0.2) is 94.6 Å². The fraction of sp³-hybridized carbons (Fsp3) is 0.489. The summed E-state index contributed by atoms with van der Waals surface area (Å²) in [4.78, 5) is 31.0. The lowest BCUT2D eigenvalue weighted by Crippen LogP contribution is -2.50. The number of rotatable bonds is 19. The highest BCUT2D eigenvalue weighted by atomic mass is 31.2. The third-order valence-corrected chi connectivity index (χ3v) is 17.8. The van der Waals surface area contributed by atoms with Crippen molar-refractivity contribution in [2.24, 2.45) is 0 Å². The molecule has 0 aliphatic carbocycles. The van der Waals surface area contributed by atoms with E-state index in [0.29, 0.717) is 11.5 Å². The zero-order chi connectivity index (χ0) is 43.8. The van der Waals surface area contributed by atoms with Crippen molar-refractivity contribution in [1.29, 1.82) is 5.26 Å². The molecule has 13 nitrogen and oxygen atoms in total. The molecule has 2 heterocycles. The third-order valence-electron chi connectivity index (χ3n) is 11.2. The second-order valence-corrected chi connectivity index (χ2v) is 23.1. The molecule has 0 radical (unpaired) electrons. The lowest BCUT2D eigenvalue weighted by Gasteiger charge is -2.42. The average Bonchev–Trinajstić information content (AvgIpc) is 3.53. The highest BCUT2D eigenvalue weighted by Crippen LogP contribution is 2.53. The highest BCUT2D eigenvalue weighted by Gasteiger charge is 2.54. The lowest BCUT2D eigenvalue weighted by atomic mass is 9.80. The van der Waals surface area contributed by atoms with E-state index in [1.807, 2.05) is 78.9 Å². The van der Waals surface area contributed by atoms with E-state index in [2.05, 4.69) is 82.3 Å². The van der Waals surface area contributed by atoms with Crippen molar-refractivity contribution in [2.75, 3.05) is 27.4 Å². The Morgan fingerprint density at radius 2 is 1.40 bits per heavy atom. The fourth-order valence-electron chi connectivity index (χ4n) is 7.20. The number of methoxy groups -OCH3 is 2. The summed E-state index contributed by atoms with van der Waals surface area (Å²) in [5, 5.41) is 9.26. The van der Waals surface area contributed by atoms with Gasteiger partial charge in [0.25, 0.3) is 14.1 Å². The molecular weight excluding hydrogens is 800 g/mol. The molecule has 5 atom stereocenters. The maximum absolute atomic E-state index is 13.7. The number of nitrogens with zero attached hydrogens (tertiary/aromatic N) is 2. The first kappa shape index (κ1) is 46.9. The Hall–Kier alpha value is -4.16. The number of nitrogens with one attached hydrogen (secondary N) is 2. The largest absolute Gasteiger partial charge is 0.497 e. The van der Waals surface area contributed by atoms with Gasteiger partial charge in [-0.05, 0) is 86.8 Å². The quantitative estimate of drug-likeness (QED) is 0.0403. The zero-order valence-corrected chi connectivity index (χ0v) is 38.6. The van der Waals surface area contributed by atoms with Gasteiger partial charge >= 0.3 is 5.69 Å². The van der Waals surface area contributed by atoms with Gasteiger partial charge in [-0.1, -0.05) is 75.4 Å². The summed E-state index contributed by atoms with van der Waals surface area (Å²) < 4.78 is 48.6. The summed E-state index contributed by atoms with van der Waals surface area (Å²) in [7, 11) is -1.20. The molecule has 5 rings (SSSR count). The predicted octanol–water partition coefficient (Wildman–Crippen LogP) is 8.58. The molecule has 324 valence electrons. The van der Waals surface area contributed by atoms with E-state index in [1.165, 1.54) is 6.20 Å². The van der Waals surface area contributed by atoms with E-state index in [1.54, 1.807) is 14.2 Å². The van der Waals surface area contributed by atoms with Crippen LogP contribution in [0.25, 0.3) is 0 Å². The first-order valence-corrected chi connectivity index (χ1v) is 24.4. The number of aromatic amines is 2. The first-order chi connectivity index (χ1) is 28.5. The molecule has 0 amide bonds. The van der Waals surface area contributed by atoms with Crippen LogP contribution in [0.5, 0.6) is 11.5 Å². The number of nitriles is 1. The minimum Gasteiger partial charge on any atom is -0.497 e. The van der Waals surface area contributed by atoms with Gasteiger partial charge in [0.2, 0.25) is 0 Å². The maximum atomic E-state index is 13.7. The van der Waals surface area contributed by atoms with Crippen molar-refractivity contribution < 1.29 is 32.4 Å². The molecule has 1 fully saturated rings. The van der Waals surface area contributed by atoms with Crippen molar-refractivity contribution in [2.45, 2.75) is 115 Å². The first-order valence-electron chi connectivity index (χ1n) is 20.4. The molecule has 1 saturated heterocycles. The third kappa shape index (κ3) is 10.5. The Morgan fingerprint density at radius 3 is 1.88 bits per heavy atom. The van der Waals surface area contributed by atoms with E-state index >= 15 is 0 Å². The van der Waals surface area contributed by atoms with Gasteiger partial charge in [-0.2, -0.15) is 5.26 Å². The second-order valence-electron chi connectivity index (χ2n) is 16.9. The van der Waals surface area contributed by atoms with Crippen LogP contribution >= 0.6 is 8.53 Å². The van der Waals surface area contributed by atoms with Crippen LogP contribution < -0.4 is 20.7 Å². The summed E-state index contributed by atoms with van der Waals surface area (Å²) in [5.74, 6) is 1.37. The molecule has 0 bridgehead atoms. The number of hydrogen-bond acceptors (Lipinski definition) is 11. The second kappa shape index (κ2) is 20.1. The SMILES string of the molecule is COc1ccc(C(OC[C@H]2O[C@@H](c3c[nH]c(=O)[nH]c3=O)[C@H](O[Si](C)(C)C(C)(C)C)[C@@H]2OP(OCCC#N)N(C(C)C)C(C)C)(c2ccccc2)c2ccc(OC)cc2)cc1. The fourth-order valence-corrected chi connectivity index (χ4v) is 10.3. The van der Waals surface area contributed by atoms with Gasteiger partial charge in [0.15, 0.2) is 8.32 Å². The number of H-pyrrole nitrogens is 2. The smallest absolute Gasteiger partial charge is 0.325 e. The van der Waals surface area contributed by atoms with Gasteiger partial charge in [-0.25, -0.2) is 9.46 Å². The molecule has 15 heteroatoms. The van der Waals surface area contributed by atoms with E-state index < -0.39 is 58.1 Å². The standard InChI is InChI=1S/C45H61N4O9PSi/c1-30(2)49(31(3)4)59(55-27-15-26-46)57-40-38(56-39(37-28-47-43(51)48-42(37)50)41(40)58-60(10,11)44(5,6)7)29-54-45(32-16-13-12-14-17-32,33-18-22-35(52-8)23-19-33)34-20-24-36(53-9)25-21-34/h12-14,16-25,28,30-31,38-41H,15,27,29H2,1-11H3,(H2,47,48,50,51)/t38-,39+,40-,41+,59?/m1/s1. The molecule has 1 aliphatic rings. The van der Waals surface area contributed by atoms with Crippen LogP contribution in [0, 0.1) is 11.3 Å². The van der Waals surface area contributed by atoms with Gasteiger partial charge in [0.1, 0.15) is 41.5 Å². The van der Waals surface area contributed by atoms with Crippen LogP contribution in [0.4, 0.5) is 0 Å². The molecule has 1 unspecified atom stereocenters. The van der Waals surface area contributed by atoms with Gasteiger partial charge in [0.05, 0.1) is 45.5 Å². The van der Waals surface area contributed by atoms with E-state index in [4.69, 9.17) is 32.4 Å². The Balaban J connectivity index is 1.73. The van der Waals surface area contributed by atoms with E-state index in [9.17, 15) is 14.9 Å². The normalized spacial score (nSPS) is 19.1. The average molecular weight is 861 g/mol. The summed E-state index contributed by atoms with van der Waals surface area (Å²) in [6.07, 6.45) is -1.97. The zero-order valence-electron chi connectivity index (χ0n) is 36.7. The van der Waals surface area contributed by atoms with Crippen molar-refractivity contribution in [3.05, 3.63) is 128 Å². The lowest BCUT2D eigenvalue weighted by molar-refractivity contribution is -0.0808. The van der Waals surface area contributed by atoms with Gasteiger partial charge < -0.3 is 37.4 Å². The molecule has 0 spiro atoms. The molecule has 3 aromatic carbocycles. The minimum atomic E-state index is -2.63. The molecule has 4 aromatic rings. The van der Waals surface area contributed by atoms with Crippen molar-refractivity contribution >= 4 is 16.8 Å². The molecule has 1 aromatic heterocycles. The molecule has 2 N–H and O–H groups in total. The Labute approximate surface area is 356 Å². The minimum absolute atomic E-state index is 0.00342. The van der Waals surface area contributed by atoms with E-state index in [-0.39, 0.29) is 42.3 Å². The van der Waals surface area contributed by atoms with Crippen molar-refractivity contribution in [1.82, 2.24) is 14.6 Å². The summed E-state index contributed by atoms with van der Waals surface area (Å²) >= 11 is 0. The number of benzene rings is 3. The summed E-state index contributed by atoms with van der Waals surface area (Å²) in [6.45, 7) is 19.1. The highest BCUT2D eigenvalue weighted by molar-refractivity contribution is 7.44. The Kier molecular flexibility index (Phi) is 15.7. The van der Waals surface area contributed by atoms with Crippen molar-refractivity contribution in [3.8, 4) is 17.6 Å². The molecule has 60 heavy (non-hydrogen) atoms. The van der Waals surface area contributed by atoms with Gasteiger partial charge in [0, 0.05) is 18.3 Å². The maximum Gasteiger partial charge on any atom is 0.325 e. The molecule has 1 aliphatic heterocycles. The Morgan fingerprint density at radius 1 is 0.850 bits per heavy atom.